The van der Waals surface area contributed by atoms with Crippen LogP contribution in [0, 0.1) is 5.82 Å². The summed E-state index contributed by atoms with van der Waals surface area (Å²) in [6.07, 6.45) is 2.19. The third-order valence-electron chi connectivity index (χ3n) is 4.21. The number of aromatic nitrogens is 1. The Morgan fingerprint density at radius 3 is 2.96 bits per heavy atom. The number of carbonyl (C=O) groups excluding carboxylic acids is 1. The Kier molecular flexibility index (Phi) is 5.13. The summed E-state index contributed by atoms with van der Waals surface area (Å²) < 4.78 is 19.6. The lowest BCUT2D eigenvalue weighted by molar-refractivity contribution is 0.102. The van der Waals surface area contributed by atoms with Crippen molar-refractivity contribution >= 4 is 28.5 Å². The number of methoxy groups -OCH3 is 1. The Balaban J connectivity index is 1.91. The Morgan fingerprint density at radius 2 is 2.23 bits per heavy atom. The van der Waals surface area contributed by atoms with Gasteiger partial charge in [-0.3, -0.25) is 9.79 Å². The molecule has 0 radical (unpaired) electrons. The number of hydrogen-bond acceptors (Lipinski definition) is 6. The highest BCUT2D eigenvalue weighted by Gasteiger charge is 2.32. The van der Waals surface area contributed by atoms with Crippen molar-refractivity contribution < 1.29 is 13.9 Å². The number of pyridine rings is 1. The monoisotopic (exact) mass is 374 g/mol. The highest BCUT2D eigenvalue weighted by molar-refractivity contribution is 8.13. The molecule has 1 atom stereocenters. The SMILES string of the molecule is COc1ncccc1C(=O)Nc1ccc(F)c(C2(C)CCSC(N)=N2)c1. The van der Waals surface area contributed by atoms with Crippen LogP contribution in [0.4, 0.5) is 10.1 Å². The number of halogens is 1. The Labute approximate surface area is 155 Å². The fourth-order valence-electron chi connectivity index (χ4n) is 2.82. The second kappa shape index (κ2) is 7.33. The van der Waals surface area contributed by atoms with Gasteiger partial charge in [-0.1, -0.05) is 11.8 Å². The molecule has 1 unspecified atom stereocenters. The number of benzene rings is 1. The average molecular weight is 374 g/mol. The summed E-state index contributed by atoms with van der Waals surface area (Å²) in [5, 5.41) is 3.20. The van der Waals surface area contributed by atoms with Crippen molar-refractivity contribution in [3.05, 3.63) is 53.5 Å². The van der Waals surface area contributed by atoms with Gasteiger partial charge in [-0.2, -0.15) is 0 Å². The molecule has 1 aromatic heterocycles. The number of nitrogens with two attached hydrogens (primary N) is 1. The van der Waals surface area contributed by atoms with Crippen LogP contribution in [0.2, 0.25) is 0 Å². The molecule has 3 rings (SSSR count). The fourth-order valence-corrected chi connectivity index (χ4v) is 3.80. The van der Waals surface area contributed by atoms with Gasteiger partial charge in [0.25, 0.3) is 5.91 Å². The summed E-state index contributed by atoms with van der Waals surface area (Å²) in [6.45, 7) is 1.84. The van der Waals surface area contributed by atoms with Gasteiger partial charge in [-0.15, -0.1) is 0 Å². The summed E-state index contributed by atoms with van der Waals surface area (Å²) in [5.74, 6) is 0.211. The molecule has 2 aromatic rings. The highest BCUT2D eigenvalue weighted by atomic mass is 32.2. The van der Waals surface area contributed by atoms with Crippen LogP contribution in [0.5, 0.6) is 5.88 Å². The van der Waals surface area contributed by atoms with Crippen LogP contribution in [0.25, 0.3) is 0 Å². The van der Waals surface area contributed by atoms with E-state index in [-0.39, 0.29) is 17.6 Å². The molecule has 8 heteroatoms. The molecule has 136 valence electrons. The van der Waals surface area contributed by atoms with Crippen molar-refractivity contribution in [1.82, 2.24) is 4.98 Å². The van der Waals surface area contributed by atoms with Crippen molar-refractivity contribution in [2.24, 2.45) is 10.7 Å². The van der Waals surface area contributed by atoms with Gasteiger partial charge < -0.3 is 15.8 Å². The van der Waals surface area contributed by atoms with Crippen LogP contribution in [0.3, 0.4) is 0 Å². The van der Waals surface area contributed by atoms with E-state index < -0.39 is 5.54 Å². The minimum absolute atomic E-state index is 0.223. The molecule has 0 spiro atoms. The van der Waals surface area contributed by atoms with Crippen LogP contribution in [0.15, 0.2) is 41.5 Å². The molecule has 1 aromatic carbocycles. The van der Waals surface area contributed by atoms with Crippen LogP contribution in [-0.4, -0.2) is 28.9 Å². The van der Waals surface area contributed by atoms with E-state index in [1.165, 1.54) is 37.2 Å². The summed E-state index contributed by atoms with van der Waals surface area (Å²) in [7, 11) is 1.44. The van der Waals surface area contributed by atoms with E-state index in [9.17, 15) is 9.18 Å². The summed E-state index contributed by atoms with van der Waals surface area (Å²) in [5.41, 5.74) is 6.22. The number of nitrogens with zero attached hydrogens (tertiary/aromatic N) is 2. The standard InChI is InChI=1S/C18H19FN4O2S/c1-18(7-9-26-17(20)23-18)13-10-11(5-6-14(13)19)22-15(24)12-4-3-8-21-16(12)25-2/h3-6,8,10H,7,9H2,1-2H3,(H2,20,23)(H,22,24). The van der Waals surface area contributed by atoms with Crippen molar-refractivity contribution in [3.63, 3.8) is 0 Å². The summed E-state index contributed by atoms with van der Waals surface area (Å²) in [4.78, 5) is 21.0. The molecule has 6 nitrogen and oxygen atoms in total. The predicted molar refractivity (Wildman–Crippen MR) is 101 cm³/mol. The zero-order chi connectivity index (χ0) is 18.7. The van der Waals surface area contributed by atoms with Crippen molar-refractivity contribution in [3.8, 4) is 5.88 Å². The van der Waals surface area contributed by atoms with Crippen molar-refractivity contribution in [2.45, 2.75) is 18.9 Å². The molecule has 2 heterocycles. The van der Waals surface area contributed by atoms with E-state index in [4.69, 9.17) is 10.5 Å². The topological polar surface area (TPSA) is 89.6 Å². The lowest BCUT2D eigenvalue weighted by Crippen LogP contribution is -2.29. The number of hydrogen-bond donors (Lipinski definition) is 2. The van der Waals surface area contributed by atoms with Gasteiger partial charge in [0.1, 0.15) is 11.4 Å². The molecule has 1 amide bonds. The quantitative estimate of drug-likeness (QED) is 0.858. The maximum Gasteiger partial charge on any atom is 0.261 e. The molecule has 0 aliphatic carbocycles. The first kappa shape index (κ1) is 18.2. The lowest BCUT2D eigenvalue weighted by atomic mass is 9.89. The average Bonchev–Trinajstić information content (AvgIpc) is 2.63. The van der Waals surface area contributed by atoms with Gasteiger partial charge in [-0.05, 0) is 43.7 Å². The lowest BCUT2D eigenvalue weighted by Gasteiger charge is -2.30. The molecule has 0 saturated carbocycles. The Hall–Kier alpha value is -2.61. The number of amides is 1. The molecule has 1 aliphatic rings. The Morgan fingerprint density at radius 1 is 1.42 bits per heavy atom. The molecule has 0 saturated heterocycles. The van der Waals surface area contributed by atoms with E-state index >= 15 is 0 Å². The Bertz CT molecular complexity index is 874. The second-order valence-electron chi connectivity index (χ2n) is 6.03. The van der Waals surface area contributed by atoms with Gasteiger partial charge in [0.2, 0.25) is 5.88 Å². The number of ether oxygens (including phenoxy) is 1. The normalized spacial score (nSPS) is 19.6. The van der Waals surface area contributed by atoms with E-state index in [1.54, 1.807) is 18.2 Å². The maximum atomic E-state index is 14.4. The molecular formula is C18H19FN4O2S. The number of rotatable bonds is 4. The molecule has 1 aliphatic heterocycles. The van der Waals surface area contributed by atoms with Gasteiger partial charge in [-0.25, -0.2) is 9.37 Å². The number of amidine groups is 1. The number of nitrogens with one attached hydrogen (secondary N) is 1. The largest absolute Gasteiger partial charge is 0.480 e. The first-order valence-electron chi connectivity index (χ1n) is 8.01. The van der Waals surface area contributed by atoms with Crippen LogP contribution < -0.4 is 15.8 Å². The molecule has 0 bridgehead atoms. The first-order valence-corrected chi connectivity index (χ1v) is 9.00. The molecular weight excluding hydrogens is 355 g/mol. The van der Waals surface area contributed by atoms with Crippen LogP contribution in [-0.2, 0) is 5.54 Å². The smallest absolute Gasteiger partial charge is 0.261 e. The molecule has 26 heavy (non-hydrogen) atoms. The van der Waals surface area contributed by atoms with E-state index in [1.807, 2.05) is 6.92 Å². The maximum absolute atomic E-state index is 14.4. The number of aliphatic imine (C=N–C) groups is 1. The predicted octanol–water partition coefficient (Wildman–Crippen LogP) is 3.15. The molecule has 3 N–H and O–H groups in total. The highest BCUT2D eigenvalue weighted by Crippen LogP contribution is 2.37. The second-order valence-corrected chi connectivity index (χ2v) is 7.15. The fraction of sp³-hybridized carbons (Fsp3) is 0.278. The van der Waals surface area contributed by atoms with E-state index in [0.717, 1.165) is 5.75 Å². The minimum Gasteiger partial charge on any atom is -0.480 e. The van der Waals surface area contributed by atoms with Crippen molar-refractivity contribution in [2.75, 3.05) is 18.2 Å². The van der Waals surface area contributed by atoms with Gasteiger partial charge in [0.05, 0.1) is 12.6 Å². The van der Waals surface area contributed by atoms with Crippen LogP contribution in [0.1, 0.15) is 29.3 Å². The first-order chi connectivity index (χ1) is 12.4. The van der Waals surface area contributed by atoms with Crippen LogP contribution >= 0.6 is 11.8 Å². The summed E-state index contributed by atoms with van der Waals surface area (Å²) in [6, 6.07) is 7.68. The summed E-state index contributed by atoms with van der Waals surface area (Å²) >= 11 is 1.45. The number of carbonyl (C=O) groups is 1. The van der Waals surface area contributed by atoms with Gasteiger partial charge in [0.15, 0.2) is 5.17 Å². The number of thioether (sulfide) groups is 1. The van der Waals surface area contributed by atoms with E-state index in [0.29, 0.717) is 28.4 Å². The third kappa shape index (κ3) is 3.65. The minimum atomic E-state index is -0.758. The van der Waals surface area contributed by atoms with E-state index in [2.05, 4.69) is 15.3 Å². The zero-order valence-electron chi connectivity index (χ0n) is 14.5. The van der Waals surface area contributed by atoms with Gasteiger partial charge >= 0.3 is 0 Å². The number of anilines is 1. The van der Waals surface area contributed by atoms with Gasteiger partial charge in [0, 0.05) is 23.2 Å². The molecule has 0 fully saturated rings. The van der Waals surface area contributed by atoms with Crippen molar-refractivity contribution in [1.29, 1.82) is 0 Å². The third-order valence-corrected chi connectivity index (χ3v) is 5.00. The zero-order valence-corrected chi connectivity index (χ0v) is 15.3.